The minimum absolute atomic E-state index is 0.363. The van der Waals surface area contributed by atoms with Gasteiger partial charge in [-0.25, -0.2) is 0 Å². The average molecular weight is 228 g/mol. The Morgan fingerprint density at radius 2 is 2.42 bits per heavy atom. The summed E-state index contributed by atoms with van der Waals surface area (Å²) < 4.78 is 1.12. The highest BCUT2D eigenvalue weighted by Crippen LogP contribution is 2.23. The number of benzene rings is 1. The third-order valence-electron chi connectivity index (χ3n) is 1.99. The second-order valence-electron chi connectivity index (χ2n) is 2.86. The van der Waals surface area contributed by atoms with Gasteiger partial charge in [0.05, 0.1) is 12.6 Å². The number of halogens is 1. The van der Waals surface area contributed by atoms with Gasteiger partial charge >= 0.3 is 0 Å². The molecule has 1 atom stereocenters. The van der Waals surface area contributed by atoms with E-state index in [0.717, 1.165) is 17.5 Å². The van der Waals surface area contributed by atoms with Crippen molar-refractivity contribution in [1.82, 2.24) is 5.48 Å². The molecule has 1 aromatic carbocycles. The summed E-state index contributed by atoms with van der Waals surface area (Å²) in [7, 11) is 0. The monoisotopic (exact) mass is 227 g/mol. The lowest BCUT2D eigenvalue weighted by Gasteiger charge is -2.08. The lowest BCUT2D eigenvalue weighted by molar-refractivity contribution is 0.0883. The second-order valence-corrected chi connectivity index (χ2v) is 3.78. The highest BCUT2D eigenvalue weighted by atomic mass is 79.9. The molecular formula is C9H10BrNO. The van der Waals surface area contributed by atoms with Crippen LogP contribution in [0.3, 0.4) is 0 Å². The number of hydrogen-bond acceptors (Lipinski definition) is 2. The molecule has 0 amide bonds. The average Bonchev–Trinajstić information content (AvgIpc) is 2.56. The molecule has 0 unspecified atom stereocenters. The van der Waals surface area contributed by atoms with Crippen molar-refractivity contribution in [3.63, 3.8) is 0 Å². The summed E-state index contributed by atoms with van der Waals surface area (Å²) in [5.74, 6) is 0. The zero-order chi connectivity index (χ0) is 8.39. The van der Waals surface area contributed by atoms with Gasteiger partial charge in [0.25, 0.3) is 0 Å². The Balaban J connectivity index is 2.21. The standard InChI is InChI=1S/C9H10BrNO/c10-8-3-1-2-7(6-8)9-4-5-12-11-9/h1-3,6,9,11H,4-5H2/t9-/m1/s1. The van der Waals surface area contributed by atoms with E-state index in [1.54, 1.807) is 0 Å². The molecule has 0 radical (unpaired) electrons. The van der Waals surface area contributed by atoms with E-state index >= 15 is 0 Å². The summed E-state index contributed by atoms with van der Waals surface area (Å²) in [4.78, 5) is 5.09. The molecule has 12 heavy (non-hydrogen) atoms. The van der Waals surface area contributed by atoms with Crippen LogP contribution < -0.4 is 5.48 Å². The summed E-state index contributed by atoms with van der Waals surface area (Å²) in [5.41, 5.74) is 4.26. The molecule has 0 bridgehead atoms. The molecule has 0 aliphatic carbocycles. The first-order chi connectivity index (χ1) is 5.86. The number of rotatable bonds is 1. The molecule has 2 nitrogen and oxygen atoms in total. The van der Waals surface area contributed by atoms with Crippen molar-refractivity contribution in [3.8, 4) is 0 Å². The summed E-state index contributed by atoms with van der Waals surface area (Å²) in [6, 6.07) is 8.66. The summed E-state index contributed by atoms with van der Waals surface area (Å²) >= 11 is 3.44. The third kappa shape index (κ3) is 1.68. The van der Waals surface area contributed by atoms with Gasteiger partial charge in [0.2, 0.25) is 0 Å². The van der Waals surface area contributed by atoms with E-state index in [4.69, 9.17) is 4.84 Å². The minimum Gasteiger partial charge on any atom is -0.301 e. The first-order valence-corrected chi connectivity index (χ1v) is 4.78. The van der Waals surface area contributed by atoms with E-state index in [-0.39, 0.29) is 0 Å². The molecule has 1 N–H and O–H groups in total. The van der Waals surface area contributed by atoms with Gasteiger partial charge in [-0.3, -0.25) is 0 Å². The summed E-state index contributed by atoms with van der Waals surface area (Å²) in [6.07, 6.45) is 1.05. The van der Waals surface area contributed by atoms with Gasteiger partial charge in [0.1, 0.15) is 0 Å². The van der Waals surface area contributed by atoms with Gasteiger partial charge in [-0.15, -0.1) is 0 Å². The number of nitrogens with one attached hydrogen (secondary N) is 1. The molecule has 1 aliphatic heterocycles. The van der Waals surface area contributed by atoms with Gasteiger partial charge in [0.15, 0.2) is 0 Å². The van der Waals surface area contributed by atoms with Crippen LogP contribution in [0.15, 0.2) is 28.7 Å². The topological polar surface area (TPSA) is 21.3 Å². The molecule has 1 fully saturated rings. The van der Waals surface area contributed by atoms with E-state index in [0.29, 0.717) is 6.04 Å². The van der Waals surface area contributed by atoms with E-state index in [2.05, 4.69) is 33.5 Å². The van der Waals surface area contributed by atoms with Crippen molar-refractivity contribution in [2.45, 2.75) is 12.5 Å². The van der Waals surface area contributed by atoms with Crippen LogP contribution >= 0.6 is 15.9 Å². The SMILES string of the molecule is Brc1cccc([C@H]2CCON2)c1. The first kappa shape index (κ1) is 8.23. The Labute approximate surface area is 80.0 Å². The number of hydrogen-bond donors (Lipinski definition) is 1. The molecule has 1 aliphatic rings. The number of hydroxylamine groups is 1. The largest absolute Gasteiger partial charge is 0.301 e. The van der Waals surface area contributed by atoms with Gasteiger partial charge in [-0.1, -0.05) is 28.1 Å². The molecule has 0 aromatic heterocycles. The van der Waals surface area contributed by atoms with Crippen LogP contribution in [0.5, 0.6) is 0 Å². The summed E-state index contributed by atoms with van der Waals surface area (Å²) in [6.45, 7) is 0.803. The maximum Gasteiger partial charge on any atom is 0.0701 e. The molecular weight excluding hydrogens is 218 g/mol. The quantitative estimate of drug-likeness (QED) is 0.796. The van der Waals surface area contributed by atoms with Crippen LogP contribution in [0.2, 0.25) is 0 Å². The Morgan fingerprint density at radius 1 is 1.50 bits per heavy atom. The molecule has 1 aromatic rings. The van der Waals surface area contributed by atoms with Crippen molar-refractivity contribution in [3.05, 3.63) is 34.3 Å². The molecule has 1 heterocycles. The Morgan fingerprint density at radius 3 is 3.08 bits per heavy atom. The predicted octanol–water partition coefficient (Wildman–Crippen LogP) is 2.42. The van der Waals surface area contributed by atoms with E-state index < -0.39 is 0 Å². The van der Waals surface area contributed by atoms with Gasteiger partial charge in [-0.05, 0) is 24.1 Å². The fraction of sp³-hybridized carbons (Fsp3) is 0.333. The second kappa shape index (κ2) is 3.56. The van der Waals surface area contributed by atoms with Crippen molar-refractivity contribution in [2.75, 3.05) is 6.61 Å². The molecule has 1 saturated heterocycles. The Kier molecular flexibility index (Phi) is 2.44. The molecule has 0 saturated carbocycles. The first-order valence-electron chi connectivity index (χ1n) is 3.99. The van der Waals surface area contributed by atoms with Gasteiger partial charge in [-0.2, -0.15) is 5.48 Å². The highest BCUT2D eigenvalue weighted by Gasteiger charge is 2.16. The van der Waals surface area contributed by atoms with E-state index in [1.165, 1.54) is 5.56 Å². The fourth-order valence-electron chi connectivity index (χ4n) is 1.35. The maximum absolute atomic E-state index is 5.09. The van der Waals surface area contributed by atoms with Crippen LogP contribution in [0.4, 0.5) is 0 Å². The van der Waals surface area contributed by atoms with Crippen molar-refractivity contribution >= 4 is 15.9 Å². The fourth-order valence-corrected chi connectivity index (χ4v) is 1.77. The lowest BCUT2D eigenvalue weighted by Crippen LogP contribution is -2.10. The molecule has 3 heteroatoms. The molecule has 64 valence electrons. The minimum atomic E-state index is 0.363. The van der Waals surface area contributed by atoms with Crippen LogP contribution in [0, 0.1) is 0 Å². The van der Waals surface area contributed by atoms with Crippen molar-refractivity contribution in [1.29, 1.82) is 0 Å². The predicted molar refractivity (Wildman–Crippen MR) is 50.6 cm³/mol. The smallest absolute Gasteiger partial charge is 0.0701 e. The summed E-state index contributed by atoms with van der Waals surface area (Å²) in [5, 5.41) is 0. The van der Waals surface area contributed by atoms with Crippen LogP contribution in [-0.4, -0.2) is 6.61 Å². The van der Waals surface area contributed by atoms with E-state index in [1.807, 2.05) is 12.1 Å². The van der Waals surface area contributed by atoms with Crippen molar-refractivity contribution in [2.24, 2.45) is 0 Å². The van der Waals surface area contributed by atoms with Gasteiger partial charge in [0, 0.05) is 4.47 Å². The van der Waals surface area contributed by atoms with Gasteiger partial charge < -0.3 is 4.84 Å². The van der Waals surface area contributed by atoms with Crippen LogP contribution in [0.25, 0.3) is 0 Å². The van der Waals surface area contributed by atoms with Crippen LogP contribution in [0.1, 0.15) is 18.0 Å². The molecule has 2 rings (SSSR count). The van der Waals surface area contributed by atoms with E-state index in [9.17, 15) is 0 Å². The zero-order valence-electron chi connectivity index (χ0n) is 6.59. The third-order valence-corrected chi connectivity index (χ3v) is 2.48. The lowest BCUT2D eigenvalue weighted by atomic mass is 10.1. The highest BCUT2D eigenvalue weighted by molar-refractivity contribution is 9.10. The Bertz CT molecular complexity index is 271. The zero-order valence-corrected chi connectivity index (χ0v) is 8.17. The maximum atomic E-state index is 5.09. The van der Waals surface area contributed by atoms with Crippen molar-refractivity contribution < 1.29 is 4.84 Å². The molecule has 0 spiro atoms. The Hall–Kier alpha value is -0.380. The normalized spacial score (nSPS) is 22.9. The van der Waals surface area contributed by atoms with Crippen LogP contribution in [-0.2, 0) is 4.84 Å².